The molecule has 0 unspecified atom stereocenters. The smallest absolute Gasteiger partial charge is 0.226 e. The molecule has 1 aliphatic carbocycles. The van der Waals surface area contributed by atoms with Crippen molar-refractivity contribution in [3.05, 3.63) is 48.0 Å². The summed E-state index contributed by atoms with van der Waals surface area (Å²) in [6, 6.07) is 8.54. The van der Waals surface area contributed by atoms with Crippen LogP contribution in [0, 0.1) is 17.8 Å². The number of rotatable bonds is 5. The molecule has 0 spiro atoms. The van der Waals surface area contributed by atoms with Crippen LogP contribution in [0.5, 0.6) is 5.75 Å². The monoisotopic (exact) mass is 408 g/mol. The molecule has 3 atom stereocenters. The molecule has 5 rings (SSSR count). The van der Waals surface area contributed by atoms with Crippen molar-refractivity contribution in [2.45, 2.75) is 38.3 Å². The molecule has 1 amide bonds. The van der Waals surface area contributed by atoms with Crippen molar-refractivity contribution in [2.75, 3.05) is 26.7 Å². The van der Waals surface area contributed by atoms with E-state index in [2.05, 4.69) is 38.5 Å². The van der Waals surface area contributed by atoms with Gasteiger partial charge in [0.1, 0.15) is 11.6 Å². The first-order chi connectivity index (χ1) is 14.6. The van der Waals surface area contributed by atoms with Gasteiger partial charge in [0.05, 0.1) is 19.7 Å². The molecule has 1 saturated carbocycles. The first kappa shape index (κ1) is 19.6. The number of methoxy groups -OCH3 is 1. The zero-order valence-electron chi connectivity index (χ0n) is 18.0. The van der Waals surface area contributed by atoms with E-state index in [9.17, 15) is 4.79 Å². The molecule has 2 aromatic rings. The number of carbonyl (C=O) groups excluding carboxylic acids is 1. The summed E-state index contributed by atoms with van der Waals surface area (Å²) < 4.78 is 7.47. The number of likely N-dealkylation sites (tertiary alicyclic amines) is 2. The summed E-state index contributed by atoms with van der Waals surface area (Å²) >= 11 is 0. The Kier molecular flexibility index (Phi) is 5.27. The van der Waals surface area contributed by atoms with Crippen molar-refractivity contribution in [2.24, 2.45) is 24.8 Å². The van der Waals surface area contributed by atoms with Crippen molar-refractivity contribution >= 4 is 5.91 Å². The maximum atomic E-state index is 13.4. The number of ether oxygens (including phenoxy) is 1. The van der Waals surface area contributed by atoms with E-state index in [0.717, 1.165) is 50.6 Å². The van der Waals surface area contributed by atoms with Gasteiger partial charge in [0.2, 0.25) is 5.91 Å². The van der Waals surface area contributed by atoms with Gasteiger partial charge >= 0.3 is 0 Å². The Hall–Kier alpha value is -2.34. The molecule has 160 valence electrons. The lowest BCUT2D eigenvalue weighted by atomic mass is 9.89. The minimum atomic E-state index is 0.167. The Balaban J connectivity index is 1.39. The number of fused-ring (bicyclic) bond motifs is 1. The van der Waals surface area contributed by atoms with E-state index >= 15 is 0 Å². The van der Waals surface area contributed by atoms with Crippen LogP contribution in [0.3, 0.4) is 0 Å². The minimum absolute atomic E-state index is 0.167. The van der Waals surface area contributed by atoms with Gasteiger partial charge in [-0.25, -0.2) is 4.98 Å². The van der Waals surface area contributed by atoms with Crippen molar-refractivity contribution in [1.29, 1.82) is 0 Å². The van der Waals surface area contributed by atoms with Crippen LogP contribution in [0.15, 0.2) is 36.7 Å². The molecule has 30 heavy (non-hydrogen) atoms. The molecule has 1 aromatic heterocycles. The summed E-state index contributed by atoms with van der Waals surface area (Å²) in [5, 5.41) is 0. The summed E-state index contributed by atoms with van der Waals surface area (Å²) in [5.74, 6) is 3.60. The zero-order valence-corrected chi connectivity index (χ0v) is 18.0. The predicted octanol–water partition coefficient (Wildman–Crippen LogP) is 3.25. The average molecular weight is 409 g/mol. The first-order valence-corrected chi connectivity index (χ1v) is 11.3. The van der Waals surface area contributed by atoms with Crippen molar-refractivity contribution in [3.63, 3.8) is 0 Å². The number of imidazole rings is 1. The van der Waals surface area contributed by atoms with E-state index in [1.165, 1.54) is 18.4 Å². The average Bonchev–Trinajstić information content (AvgIpc) is 3.53. The number of amides is 1. The topological polar surface area (TPSA) is 50.6 Å². The van der Waals surface area contributed by atoms with Gasteiger partial charge in [-0.1, -0.05) is 25.0 Å². The number of hydrogen-bond donors (Lipinski definition) is 0. The van der Waals surface area contributed by atoms with Crippen LogP contribution in [0.4, 0.5) is 0 Å². The summed E-state index contributed by atoms with van der Waals surface area (Å²) in [6.07, 6.45) is 8.39. The maximum absolute atomic E-state index is 13.4. The molecular formula is C24H32N4O2. The Morgan fingerprint density at radius 1 is 1.13 bits per heavy atom. The Morgan fingerprint density at radius 3 is 2.57 bits per heavy atom. The van der Waals surface area contributed by atoms with Gasteiger partial charge < -0.3 is 14.2 Å². The quantitative estimate of drug-likeness (QED) is 0.762. The van der Waals surface area contributed by atoms with Gasteiger partial charge in [0.25, 0.3) is 0 Å². The molecule has 2 aliphatic heterocycles. The Morgan fingerprint density at radius 2 is 1.90 bits per heavy atom. The number of aromatic nitrogens is 2. The molecule has 2 saturated heterocycles. The Labute approximate surface area is 178 Å². The van der Waals surface area contributed by atoms with Crippen molar-refractivity contribution in [3.8, 4) is 5.75 Å². The second kappa shape index (κ2) is 8.06. The third-order valence-electron chi connectivity index (χ3n) is 7.47. The number of carbonyl (C=O) groups is 1. The highest BCUT2D eigenvalue weighted by Crippen LogP contribution is 2.46. The number of benzene rings is 1. The fourth-order valence-electron chi connectivity index (χ4n) is 5.88. The second-order valence-electron chi connectivity index (χ2n) is 9.26. The van der Waals surface area contributed by atoms with Gasteiger partial charge in [-0.15, -0.1) is 0 Å². The Bertz CT molecular complexity index is 887. The lowest BCUT2D eigenvalue weighted by Gasteiger charge is -2.32. The van der Waals surface area contributed by atoms with Crippen molar-refractivity contribution < 1.29 is 9.53 Å². The van der Waals surface area contributed by atoms with Crippen LogP contribution in [0.25, 0.3) is 0 Å². The standard InChI is InChI=1S/C24H32N4O2/c1-26-12-11-25-22(26)16-27-13-19-14-28(24(29)18-5-3-4-6-18)23(21(19)15-27)17-7-9-20(30-2)10-8-17/h7-12,18-19,21,23H,3-6,13-16H2,1-2H3/t19-,21-,23-/m0/s1. The second-order valence-corrected chi connectivity index (χ2v) is 9.26. The molecular weight excluding hydrogens is 376 g/mol. The van der Waals surface area contributed by atoms with E-state index in [4.69, 9.17) is 4.74 Å². The first-order valence-electron chi connectivity index (χ1n) is 11.3. The highest BCUT2D eigenvalue weighted by molar-refractivity contribution is 5.80. The molecule has 1 aromatic carbocycles. The molecule has 6 heteroatoms. The van der Waals surface area contributed by atoms with Crippen LogP contribution >= 0.6 is 0 Å². The molecule has 0 radical (unpaired) electrons. The van der Waals surface area contributed by atoms with Crippen LogP contribution < -0.4 is 4.74 Å². The van der Waals surface area contributed by atoms with E-state index in [1.807, 2.05) is 24.5 Å². The largest absolute Gasteiger partial charge is 0.497 e. The van der Waals surface area contributed by atoms with Gasteiger partial charge in [-0.3, -0.25) is 9.69 Å². The normalized spacial score (nSPS) is 27.0. The van der Waals surface area contributed by atoms with Gasteiger partial charge in [-0.2, -0.15) is 0 Å². The van der Waals surface area contributed by atoms with Gasteiger partial charge in [0, 0.05) is 50.9 Å². The van der Waals surface area contributed by atoms with Crippen molar-refractivity contribution in [1.82, 2.24) is 19.4 Å². The fraction of sp³-hybridized carbons (Fsp3) is 0.583. The molecule has 0 bridgehead atoms. The lowest BCUT2D eigenvalue weighted by molar-refractivity contribution is -0.137. The maximum Gasteiger partial charge on any atom is 0.226 e. The molecule has 3 heterocycles. The van der Waals surface area contributed by atoms with Gasteiger partial charge in [-0.05, 0) is 36.5 Å². The van der Waals surface area contributed by atoms with E-state index in [0.29, 0.717) is 17.7 Å². The third-order valence-corrected chi connectivity index (χ3v) is 7.47. The molecule has 6 nitrogen and oxygen atoms in total. The number of aryl methyl sites for hydroxylation is 1. The zero-order chi connectivity index (χ0) is 20.7. The van der Waals surface area contributed by atoms with Gasteiger partial charge in [0.15, 0.2) is 0 Å². The van der Waals surface area contributed by atoms with Crippen LogP contribution in [-0.2, 0) is 18.4 Å². The van der Waals surface area contributed by atoms with Crippen LogP contribution in [0.2, 0.25) is 0 Å². The highest BCUT2D eigenvalue weighted by Gasteiger charge is 2.50. The molecule has 0 N–H and O–H groups in total. The summed E-state index contributed by atoms with van der Waals surface area (Å²) in [7, 11) is 3.75. The summed E-state index contributed by atoms with van der Waals surface area (Å²) in [4.78, 5) is 22.7. The minimum Gasteiger partial charge on any atom is -0.497 e. The van der Waals surface area contributed by atoms with E-state index in [-0.39, 0.29) is 12.0 Å². The highest BCUT2D eigenvalue weighted by atomic mass is 16.5. The van der Waals surface area contributed by atoms with Crippen LogP contribution in [-0.4, -0.2) is 52.0 Å². The van der Waals surface area contributed by atoms with E-state index in [1.54, 1.807) is 7.11 Å². The molecule has 3 fully saturated rings. The van der Waals surface area contributed by atoms with E-state index < -0.39 is 0 Å². The molecule has 3 aliphatic rings. The number of hydrogen-bond acceptors (Lipinski definition) is 4. The summed E-state index contributed by atoms with van der Waals surface area (Å²) in [5.41, 5.74) is 1.24. The summed E-state index contributed by atoms with van der Waals surface area (Å²) in [6.45, 7) is 3.82. The number of nitrogens with zero attached hydrogens (tertiary/aromatic N) is 4. The SMILES string of the molecule is COc1ccc([C@H]2[C@H]3CN(Cc4nccn4C)C[C@H]3CN2C(=O)C2CCCC2)cc1. The van der Waals surface area contributed by atoms with Crippen LogP contribution in [0.1, 0.15) is 43.1 Å². The lowest BCUT2D eigenvalue weighted by Crippen LogP contribution is -2.38. The predicted molar refractivity (Wildman–Crippen MR) is 115 cm³/mol. The fourth-order valence-corrected chi connectivity index (χ4v) is 5.88. The third kappa shape index (κ3) is 3.51.